The van der Waals surface area contributed by atoms with Gasteiger partial charge in [0, 0.05) is 6.42 Å². The molecule has 1 aromatic carbocycles. The first-order valence-electron chi connectivity index (χ1n) is 4.91. The van der Waals surface area contributed by atoms with Crippen LogP contribution in [0, 0.1) is 6.92 Å². The van der Waals surface area contributed by atoms with E-state index in [0.29, 0.717) is 0 Å². The zero-order valence-electron chi connectivity index (χ0n) is 8.55. The minimum absolute atomic E-state index is 0.0378. The second-order valence-corrected chi connectivity index (χ2v) is 4.19. The highest BCUT2D eigenvalue weighted by Crippen LogP contribution is 2.36. The van der Waals surface area contributed by atoms with E-state index in [4.69, 9.17) is 4.74 Å². The Kier molecular flexibility index (Phi) is 1.83. The summed E-state index contributed by atoms with van der Waals surface area (Å²) in [6.07, 6.45) is 2.13. The van der Waals surface area contributed by atoms with Gasteiger partial charge in [0.25, 0.3) is 0 Å². The van der Waals surface area contributed by atoms with Crippen molar-refractivity contribution in [2.24, 2.45) is 0 Å². The normalized spacial score (nSPS) is 25.5. The monoisotopic (exact) mass is 176 g/mol. The fourth-order valence-electron chi connectivity index (χ4n) is 1.85. The van der Waals surface area contributed by atoms with Crippen LogP contribution >= 0.6 is 0 Å². The van der Waals surface area contributed by atoms with Gasteiger partial charge in [0.15, 0.2) is 0 Å². The van der Waals surface area contributed by atoms with Gasteiger partial charge in [-0.25, -0.2) is 0 Å². The minimum Gasteiger partial charge on any atom is -0.487 e. The Hall–Kier alpha value is -0.980. The van der Waals surface area contributed by atoms with Gasteiger partial charge in [-0.1, -0.05) is 24.6 Å². The number of fused-ring (bicyclic) bond motifs is 1. The van der Waals surface area contributed by atoms with Crippen LogP contribution in [0.4, 0.5) is 0 Å². The maximum absolute atomic E-state index is 5.90. The molecule has 1 aliphatic heterocycles. The third-order valence-electron chi connectivity index (χ3n) is 2.88. The van der Waals surface area contributed by atoms with Gasteiger partial charge in [0.1, 0.15) is 11.4 Å². The van der Waals surface area contributed by atoms with Crippen LogP contribution in [0.25, 0.3) is 0 Å². The summed E-state index contributed by atoms with van der Waals surface area (Å²) in [6.45, 7) is 6.49. The smallest absolute Gasteiger partial charge is 0.123 e. The van der Waals surface area contributed by atoms with E-state index >= 15 is 0 Å². The van der Waals surface area contributed by atoms with Crippen molar-refractivity contribution in [1.82, 2.24) is 0 Å². The number of aryl methyl sites for hydroxylation is 1. The van der Waals surface area contributed by atoms with E-state index in [1.54, 1.807) is 0 Å². The molecule has 0 amide bonds. The summed E-state index contributed by atoms with van der Waals surface area (Å²) in [6, 6.07) is 6.43. The third kappa shape index (κ3) is 1.43. The van der Waals surface area contributed by atoms with Crippen molar-refractivity contribution in [3.63, 3.8) is 0 Å². The van der Waals surface area contributed by atoms with Crippen LogP contribution in [0.2, 0.25) is 0 Å². The standard InChI is InChI=1S/C12H16O/c1-4-12(3)8-10-7-9(2)5-6-11(10)13-12/h5-7H,4,8H2,1-3H3. The number of rotatable bonds is 1. The molecule has 13 heavy (non-hydrogen) atoms. The molecule has 1 aromatic rings. The molecule has 70 valence electrons. The maximum Gasteiger partial charge on any atom is 0.123 e. The van der Waals surface area contributed by atoms with Gasteiger partial charge in [0.2, 0.25) is 0 Å². The van der Waals surface area contributed by atoms with Crippen molar-refractivity contribution in [2.75, 3.05) is 0 Å². The molecule has 0 saturated carbocycles. The molecule has 0 bridgehead atoms. The first kappa shape index (κ1) is 8.61. The molecule has 0 aromatic heterocycles. The zero-order chi connectivity index (χ0) is 9.47. The molecule has 0 radical (unpaired) electrons. The third-order valence-corrected chi connectivity index (χ3v) is 2.88. The number of hydrogen-bond donors (Lipinski definition) is 0. The van der Waals surface area contributed by atoms with Crippen molar-refractivity contribution in [3.05, 3.63) is 29.3 Å². The molecule has 1 unspecified atom stereocenters. The SMILES string of the molecule is CCC1(C)Cc2cc(C)ccc2O1. The lowest BCUT2D eigenvalue weighted by Crippen LogP contribution is -2.28. The summed E-state index contributed by atoms with van der Waals surface area (Å²) in [7, 11) is 0. The summed E-state index contributed by atoms with van der Waals surface area (Å²) >= 11 is 0. The van der Waals surface area contributed by atoms with E-state index in [1.807, 2.05) is 0 Å². The highest BCUT2D eigenvalue weighted by Gasteiger charge is 2.32. The fourth-order valence-corrected chi connectivity index (χ4v) is 1.85. The van der Waals surface area contributed by atoms with Crippen LogP contribution in [0.1, 0.15) is 31.4 Å². The lowest BCUT2D eigenvalue weighted by Gasteiger charge is -2.21. The number of hydrogen-bond acceptors (Lipinski definition) is 1. The number of ether oxygens (including phenoxy) is 1. The van der Waals surface area contributed by atoms with Crippen LogP contribution in [-0.2, 0) is 6.42 Å². The highest BCUT2D eigenvalue weighted by atomic mass is 16.5. The van der Waals surface area contributed by atoms with Crippen LogP contribution in [-0.4, -0.2) is 5.60 Å². The number of benzene rings is 1. The van der Waals surface area contributed by atoms with E-state index in [9.17, 15) is 0 Å². The molecule has 0 saturated heterocycles. The second-order valence-electron chi connectivity index (χ2n) is 4.19. The molecule has 1 heteroatoms. The zero-order valence-corrected chi connectivity index (χ0v) is 8.55. The Morgan fingerprint density at radius 3 is 2.92 bits per heavy atom. The quantitative estimate of drug-likeness (QED) is 0.639. The van der Waals surface area contributed by atoms with Crippen molar-refractivity contribution in [1.29, 1.82) is 0 Å². The van der Waals surface area contributed by atoms with Crippen molar-refractivity contribution in [3.8, 4) is 5.75 Å². The topological polar surface area (TPSA) is 9.23 Å². The molecule has 1 atom stereocenters. The van der Waals surface area contributed by atoms with Crippen molar-refractivity contribution in [2.45, 2.75) is 39.2 Å². The van der Waals surface area contributed by atoms with E-state index in [0.717, 1.165) is 18.6 Å². The molecule has 1 nitrogen and oxygen atoms in total. The van der Waals surface area contributed by atoms with E-state index in [1.165, 1.54) is 11.1 Å². The summed E-state index contributed by atoms with van der Waals surface area (Å²) in [5, 5.41) is 0. The Labute approximate surface area is 79.7 Å². The van der Waals surface area contributed by atoms with E-state index in [2.05, 4.69) is 39.0 Å². The van der Waals surface area contributed by atoms with Gasteiger partial charge in [-0.15, -0.1) is 0 Å². The minimum atomic E-state index is 0.0378. The van der Waals surface area contributed by atoms with Gasteiger partial charge < -0.3 is 4.74 Å². The molecule has 1 aliphatic rings. The van der Waals surface area contributed by atoms with Crippen molar-refractivity contribution < 1.29 is 4.74 Å². The Morgan fingerprint density at radius 2 is 2.23 bits per heavy atom. The molecular weight excluding hydrogens is 160 g/mol. The Bertz CT molecular complexity index is 330. The van der Waals surface area contributed by atoms with Crippen LogP contribution < -0.4 is 4.74 Å². The molecule has 2 rings (SSSR count). The average Bonchev–Trinajstić information content (AvgIpc) is 2.42. The highest BCUT2D eigenvalue weighted by molar-refractivity contribution is 5.41. The van der Waals surface area contributed by atoms with Gasteiger partial charge in [-0.2, -0.15) is 0 Å². The van der Waals surface area contributed by atoms with Gasteiger partial charge in [-0.05, 0) is 31.9 Å². The van der Waals surface area contributed by atoms with Crippen molar-refractivity contribution >= 4 is 0 Å². The van der Waals surface area contributed by atoms with E-state index < -0.39 is 0 Å². The molecule has 1 heterocycles. The average molecular weight is 176 g/mol. The first-order chi connectivity index (χ1) is 6.13. The molecule has 0 N–H and O–H groups in total. The fraction of sp³-hybridized carbons (Fsp3) is 0.500. The van der Waals surface area contributed by atoms with E-state index in [-0.39, 0.29) is 5.60 Å². The summed E-state index contributed by atoms with van der Waals surface area (Å²) in [5.41, 5.74) is 2.72. The van der Waals surface area contributed by atoms with Gasteiger partial charge in [-0.3, -0.25) is 0 Å². The Balaban J connectivity index is 2.35. The summed E-state index contributed by atoms with van der Waals surface area (Å²) < 4.78 is 5.90. The summed E-state index contributed by atoms with van der Waals surface area (Å²) in [5.74, 6) is 1.08. The van der Waals surface area contributed by atoms with Gasteiger partial charge in [0.05, 0.1) is 0 Å². The van der Waals surface area contributed by atoms with Crippen LogP contribution in [0.15, 0.2) is 18.2 Å². The molecule has 0 fully saturated rings. The molecular formula is C12H16O. The van der Waals surface area contributed by atoms with Gasteiger partial charge >= 0.3 is 0 Å². The lowest BCUT2D eigenvalue weighted by molar-refractivity contribution is 0.112. The molecule has 0 spiro atoms. The van der Waals surface area contributed by atoms with Crippen LogP contribution in [0.5, 0.6) is 5.75 Å². The lowest BCUT2D eigenvalue weighted by atomic mass is 9.96. The summed E-state index contributed by atoms with van der Waals surface area (Å²) in [4.78, 5) is 0. The second kappa shape index (κ2) is 2.76. The predicted octanol–water partition coefficient (Wildman–Crippen LogP) is 3.10. The largest absolute Gasteiger partial charge is 0.487 e. The predicted molar refractivity (Wildman–Crippen MR) is 54.2 cm³/mol. The van der Waals surface area contributed by atoms with Crippen LogP contribution in [0.3, 0.4) is 0 Å². The maximum atomic E-state index is 5.90. The first-order valence-corrected chi connectivity index (χ1v) is 4.91. The molecule has 0 aliphatic carbocycles. The Morgan fingerprint density at radius 1 is 1.46 bits per heavy atom.